The van der Waals surface area contributed by atoms with Crippen LogP contribution in [0.2, 0.25) is 0 Å². The minimum Gasteiger partial charge on any atom is -0.493 e. The molecule has 0 radical (unpaired) electrons. The molecular formula is C16H20N2O3S. The minimum absolute atomic E-state index is 0.112. The molecule has 1 aromatic carbocycles. The van der Waals surface area contributed by atoms with E-state index in [0.717, 1.165) is 12.1 Å². The fourth-order valence-electron chi connectivity index (χ4n) is 1.80. The fraction of sp³-hybridized carbons (Fsp3) is 0.375. The van der Waals surface area contributed by atoms with Crippen LogP contribution in [0.25, 0.3) is 0 Å². The Hall–Kier alpha value is -2.08. The quantitative estimate of drug-likeness (QED) is 0.850. The van der Waals surface area contributed by atoms with Gasteiger partial charge in [0, 0.05) is 17.0 Å². The van der Waals surface area contributed by atoms with Crippen LogP contribution in [0.5, 0.6) is 11.5 Å². The summed E-state index contributed by atoms with van der Waals surface area (Å²) in [7, 11) is 1.56. The lowest BCUT2D eigenvalue weighted by Crippen LogP contribution is -2.31. The van der Waals surface area contributed by atoms with E-state index in [1.165, 1.54) is 11.3 Å². The minimum atomic E-state index is -0.112. The van der Waals surface area contributed by atoms with Crippen LogP contribution in [0.4, 0.5) is 0 Å². The van der Waals surface area contributed by atoms with Gasteiger partial charge in [-0.25, -0.2) is 4.98 Å². The van der Waals surface area contributed by atoms with Crippen LogP contribution in [-0.2, 0) is 6.61 Å². The standard InChI is InChI=1S/C16H20N2O3S/c1-4-11(2)18-16(19)12-5-6-14(15(7-12)20-3)21-8-13-9-22-10-17-13/h5-7,9-11H,4,8H2,1-3H3,(H,18,19). The normalized spacial score (nSPS) is 11.8. The predicted octanol–water partition coefficient (Wildman–Crippen LogP) is 3.26. The van der Waals surface area contributed by atoms with Crippen LogP contribution in [-0.4, -0.2) is 24.0 Å². The van der Waals surface area contributed by atoms with Gasteiger partial charge in [0.05, 0.1) is 18.3 Å². The average Bonchev–Trinajstić information content (AvgIpc) is 3.05. The maximum atomic E-state index is 12.1. The van der Waals surface area contributed by atoms with Crippen LogP contribution < -0.4 is 14.8 Å². The Morgan fingerprint density at radius 3 is 2.86 bits per heavy atom. The molecule has 1 N–H and O–H groups in total. The lowest BCUT2D eigenvalue weighted by molar-refractivity contribution is 0.0939. The summed E-state index contributed by atoms with van der Waals surface area (Å²) >= 11 is 1.52. The number of nitrogens with one attached hydrogen (secondary N) is 1. The second-order valence-electron chi connectivity index (χ2n) is 4.92. The van der Waals surface area contributed by atoms with Crippen LogP contribution in [0.3, 0.4) is 0 Å². The molecule has 1 amide bonds. The number of thiazole rings is 1. The van der Waals surface area contributed by atoms with Crippen LogP contribution in [0.15, 0.2) is 29.1 Å². The highest BCUT2D eigenvalue weighted by Crippen LogP contribution is 2.28. The summed E-state index contributed by atoms with van der Waals surface area (Å²) in [6.07, 6.45) is 0.887. The van der Waals surface area contributed by atoms with Crippen molar-refractivity contribution in [2.75, 3.05) is 7.11 Å². The van der Waals surface area contributed by atoms with Crippen molar-refractivity contribution < 1.29 is 14.3 Å². The molecule has 0 spiro atoms. The summed E-state index contributed by atoms with van der Waals surface area (Å²) in [6.45, 7) is 4.37. The first kappa shape index (κ1) is 16.3. The van der Waals surface area contributed by atoms with Gasteiger partial charge in [-0.1, -0.05) is 6.92 Å². The van der Waals surface area contributed by atoms with Gasteiger partial charge in [-0.2, -0.15) is 0 Å². The Labute approximate surface area is 134 Å². The molecule has 118 valence electrons. The summed E-state index contributed by atoms with van der Waals surface area (Å²) in [5, 5.41) is 4.86. The highest BCUT2D eigenvalue weighted by Gasteiger charge is 2.13. The van der Waals surface area contributed by atoms with Gasteiger partial charge in [-0.05, 0) is 31.5 Å². The molecule has 0 saturated carbocycles. The van der Waals surface area contributed by atoms with E-state index in [1.54, 1.807) is 30.8 Å². The van der Waals surface area contributed by atoms with Gasteiger partial charge in [0.25, 0.3) is 5.91 Å². The maximum absolute atomic E-state index is 12.1. The van der Waals surface area contributed by atoms with Gasteiger partial charge in [-0.15, -0.1) is 11.3 Å². The molecule has 1 heterocycles. The number of aromatic nitrogens is 1. The van der Waals surface area contributed by atoms with Gasteiger partial charge in [0.1, 0.15) is 6.61 Å². The first-order valence-corrected chi connectivity index (χ1v) is 8.07. The second-order valence-corrected chi connectivity index (χ2v) is 5.64. The number of benzene rings is 1. The number of hydrogen-bond donors (Lipinski definition) is 1. The Morgan fingerprint density at radius 2 is 2.23 bits per heavy atom. The van der Waals surface area contributed by atoms with Crippen LogP contribution in [0.1, 0.15) is 36.3 Å². The average molecular weight is 320 g/mol. The molecular weight excluding hydrogens is 300 g/mol. The number of hydrogen-bond acceptors (Lipinski definition) is 5. The zero-order valence-electron chi connectivity index (χ0n) is 13.0. The first-order valence-electron chi connectivity index (χ1n) is 7.12. The Morgan fingerprint density at radius 1 is 1.41 bits per heavy atom. The van der Waals surface area contributed by atoms with Crippen molar-refractivity contribution in [2.24, 2.45) is 0 Å². The third-order valence-corrected chi connectivity index (χ3v) is 3.91. The Balaban J connectivity index is 2.08. The number of carbonyl (C=O) groups excluding carboxylic acids is 1. The molecule has 2 rings (SSSR count). The lowest BCUT2D eigenvalue weighted by Gasteiger charge is -2.14. The first-order chi connectivity index (χ1) is 10.6. The predicted molar refractivity (Wildman–Crippen MR) is 86.7 cm³/mol. The molecule has 5 nitrogen and oxygen atoms in total. The van der Waals surface area contributed by atoms with E-state index in [1.807, 2.05) is 19.2 Å². The van der Waals surface area contributed by atoms with Crippen LogP contribution >= 0.6 is 11.3 Å². The molecule has 6 heteroatoms. The van der Waals surface area contributed by atoms with Gasteiger partial charge in [-0.3, -0.25) is 4.79 Å². The fourth-order valence-corrected chi connectivity index (χ4v) is 2.34. The van der Waals surface area contributed by atoms with Crippen molar-refractivity contribution in [1.29, 1.82) is 0 Å². The molecule has 22 heavy (non-hydrogen) atoms. The van der Waals surface area contributed by atoms with E-state index in [2.05, 4.69) is 10.3 Å². The van der Waals surface area contributed by atoms with E-state index >= 15 is 0 Å². The molecule has 1 atom stereocenters. The summed E-state index contributed by atoms with van der Waals surface area (Å²) in [5.74, 6) is 1.02. The number of amides is 1. The summed E-state index contributed by atoms with van der Waals surface area (Å²) in [4.78, 5) is 16.3. The molecule has 0 bridgehead atoms. The number of ether oxygens (including phenoxy) is 2. The van der Waals surface area contributed by atoms with E-state index < -0.39 is 0 Å². The molecule has 0 fully saturated rings. The topological polar surface area (TPSA) is 60.5 Å². The molecule has 0 aliphatic rings. The summed E-state index contributed by atoms with van der Waals surface area (Å²) in [5.41, 5.74) is 3.18. The zero-order valence-corrected chi connectivity index (χ0v) is 13.8. The van der Waals surface area contributed by atoms with Gasteiger partial charge in [0.2, 0.25) is 0 Å². The summed E-state index contributed by atoms with van der Waals surface area (Å²) in [6, 6.07) is 5.31. The maximum Gasteiger partial charge on any atom is 0.251 e. The SMILES string of the molecule is CCC(C)NC(=O)c1ccc(OCc2cscn2)c(OC)c1. The molecule has 1 aromatic heterocycles. The second kappa shape index (κ2) is 7.79. The molecule has 0 aliphatic heterocycles. The Kier molecular flexibility index (Phi) is 5.77. The monoisotopic (exact) mass is 320 g/mol. The van der Waals surface area contributed by atoms with Crippen molar-refractivity contribution in [2.45, 2.75) is 32.9 Å². The lowest BCUT2D eigenvalue weighted by atomic mass is 10.1. The van der Waals surface area contributed by atoms with E-state index in [4.69, 9.17) is 9.47 Å². The third-order valence-electron chi connectivity index (χ3n) is 3.27. The van der Waals surface area contributed by atoms with Crippen molar-refractivity contribution in [3.05, 3.63) is 40.3 Å². The third kappa shape index (κ3) is 4.21. The highest BCUT2D eigenvalue weighted by atomic mass is 32.1. The summed E-state index contributed by atoms with van der Waals surface area (Å²) < 4.78 is 11.0. The van der Waals surface area contributed by atoms with Crippen molar-refractivity contribution in [3.8, 4) is 11.5 Å². The van der Waals surface area contributed by atoms with E-state index in [-0.39, 0.29) is 11.9 Å². The molecule has 0 saturated heterocycles. The molecule has 0 aliphatic carbocycles. The van der Waals surface area contributed by atoms with Gasteiger partial charge < -0.3 is 14.8 Å². The Bertz CT molecular complexity index is 614. The van der Waals surface area contributed by atoms with Crippen molar-refractivity contribution in [1.82, 2.24) is 10.3 Å². The molecule has 2 aromatic rings. The number of rotatable bonds is 7. The number of carbonyl (C=O) groups is 1. The number of methoxy groups -OCH3 is 1. The number of nitrogens with zero attached hydrogens (tertiary/aromatic N) is 1. The van der Waals surface area contributed by atoms with Gasteiger partial charge in [0.15, 0.2) is 11.5 Å². The van der Waals surface area contributed by atoms with Gasteiger partial charge >= 0.3 is 0 Å². The largest absolute Gasteiger partial charge is 0.493 e. The molecule has 1 unspecified atom stereocenters. The smallest absolute Gasteiger partial charge is 0.251 e. The van der Waals surface area contributed by atoms with E-state index in [0.29, 0.717) is 23.7 Å². The van der Waals surface area contributed by atoms with Crippen molar-refractivity contribution in [3.63, 3.8) is 0 Å². The van der Waals surface area contributed by atoms with Crippen molar-refractivity contribution >= 4 is 17.2 Å². The van der Waals surface area contributed by atoms with E-state index in [9.17, 15) is 4.79 Å². The van der Waals surface area contributed by atoms with Crippen LogP contribution in [0, 0.1) is 0 Å². The zero-order chi connectivity index (χ0) is 15.9. The highest BCUT2D eigenvalue weighted by molar-refractivity contribution is 7.07.